The van der Waals surface area contributed by atoms with E-state index in [-0.39, 0.29) is 5.91 Å². The van der Waals surface area contributed by atoms with Gasteiger partial charge in [0.25, 0.3) is 0 Å². The van der Waals surface area contributed by atoms with Gasteiger partial charge in [0, 0.05) is 16.6 Å². The highest BCUT2D eigenvalue weighted by Crippen LogP contribution is 2.25. The first-order valence-corrected chi connectivity index (χ1v) is 7.74. The fourth-order valence-corrected chi connectivity index (χ4v) is 2.80. The molecule has 5 heteroatoms. The van der Waals surface area contributed by atoms with Crippen LogP contribution in [0.1, 0.15) is 5.56 Å². The molecule has 0 fully saturated rings. The fourth-order valence-electron chi connectivity index (χ4n) is 2.06. The van der Waals surface area contributed by atoms with E-state index in [0.717, 1.165) is 22.5 Å². The maximum atomic E-state index is 12.0. The molecule has 0 unspecified atom stereocenters. The van der Waals surface area contributed by atoms with Crippen LogP contribution >= 0.6 is 11.3 Å². The summed E-state index contributed by atoms with van der Waals surface area (Å²) in [7, 11) is 0. The zero-order valence-corrected chi connectivity index (χ0v) is 12.6. The van der Waals surface area contributed by atoms with Crippen molar-refractivity contribution in [3.63, 3.8) is 0 Å². The third kappa shape index (κ3) is 3.51. The number of amides is 1. The number of nitrogen functional groups attached to an aromatic ring is 1. The third-order valence-corrected chi connectivity index (χ3v) is 3.92. The maximum absolute atomic E-state index is 12.0. The topological polar surface area (TPSA) is 68.0 Å². The van der Waals surface area contributed by atoms with Crippen molar-refractivity contribution in [3.8, 4) is 11.3 Å². The molecule has 0 aliphatic heterocycles. The highest BCUT2D eigenvalue weighted by atomic mass is 32.1. The number of aromatic nitrogens is 1. The molecule has 1 aromatic heterocycles. The summed E-state index contributed by atoms with van der Waals surface area (Å²) in [6.45, 7) is 0. The number of carbonyl (C=O) groups excluding carboxylic acids is 1. The Balaban J connectivity index is 1.66. The van der Waals surface area contributed by atoms with Crippen molar-refractivity contribution < 1.29 is 4.79 Å². The number of rotatable bonds is 4. The van der Waals surface area contributed by atoms with Crippen molar-refractivity contribution >= 4 is 28.1 Å². The van der Waals surface area contributed by atoms with Crippen LogP contribution in [0.25, 0.3) is 11.3 Å². The Kier molecular flexibility index (Phi) is 4.16. The number of hydrogen-bond donors (Lipinski definition) is 2. The minimum Gasteiger partial charge on any atom is -0.399 e. The van der Waals surface area contributed by atoms with Crippen LogP contribution < -0.4 is 11.1 Å². The summed E-state index contributed by atoms with van der Waals surface area (Å²) >= 11 is 1.41. The highest BCUT2D eigenvalue weighted by molar-refractivity contribution is 7.14. The first kappa shape index (κ1) is 14.3. The van der Waals surface area contributed by atoms with Gasteiger partial charge in [-0.1, -0.05) is 42.5 Å². The molecule has 0 saturated carbocycles. The smallest absolute Gasteiger partial charge is 0.230 e. The van der Waals surface area contributed by atoms with Crippen molar-refractivity contribution in [1.29, 1.82) is 0 Å². The molecule has 0 aliphatic rings. The minimum atomic E-state index is -0.0654. The average Bonchev–Trinajstić information content (AvgIpc) is 2.97. The predicted octanol–water partition coefficient (Wildman–Crippen LogP) is 3.57. The number of nitrogens with zero attached hydrogens (tertiary/aromatic N) is 1. The summed E-state index contributed by atoms with van der Waals surface area (Å²) in [5.41, 5.74) is 9.19. The number of nitrogens with two attached hydrogens (primary N) is 1. The van der Waals surface area contributed by atoms with E-state index in [1.807, 2.05) is 60.0 Å². The standard InChI is InChI=1S/C17H15N3OS/c18-14-8-6-13(7-9-14)15-11-22-17(19-15)20-16(21)10-12-4-2-1-3-5-12/h1-9,11H,10,18H2,(H,19,20,21). The van der Waals surface area contributed by atoms with Crippen LogP contribution in [0.4, 0.5) is 10.8 Å². The van der Waals surface area contributed by atoms with Crippen molar-refractivity contribution in [3.05, 3.63) is 65.5 Å². The van der Waals surface area contributed by atoms with Gasteiger partial charge in [-0.3, -0.25) is 4.79 Å². The molecule has 3 aromatic rings. The van der Waals surface area contributed by atoms with Gasteiger partial charge in [-0.15, -0.1) is 11.3 Å². The van der Waals surface area contributed by atoms with E-state index < -0.39 is 0 Å². The molecule has 22 heavy (non-hydrogen) atoms. The van der Waals surface area contributed by atoms with E-state index in [1.54, 1.807) is 0 Å². The first-order chi connectivity index (χ1) is 10.7. The lowest BCUT2D eigenvalue weighted by atomic mass is 10.1. The average molecular weight is 309 g/mol. The first-order valence-electron chi connectivity index (χ1n) is 6.86. The summed E-state index contributed by atoms with van der Waals surface area (Å²) in [6.07, 6.45) is 0.345. The lowest BCUT2D eigenvalue weighted by Gasteiger charge is -2.01. The molecule has 0 saturated heterocycles. The van der Waals surface area contributed by atoms with E-state index in [0.29, 0.717) is 11.6 Å². The summed E-state index contributed by atoms with van der Waals surface area (Å²) < 4.78 is 0. The second-order valence-corrected chi connectivity index (χ2v) is 5.73. The van der Waals surface area contributed by atoms with Crippen LogP contribution in [0.2, 0.25) is 0 Å². The Labute approximate surface area is 132 Å². The van der Waals surface area contributed by atoms with Crippen LogP contribution in [0.3, 0.4) is 0 Å². The molecule has 0 aliphatic carbocycles. The largest absolute Gasteiger partial charge is 0.399 e. The van der Waals surface area contributed by atoms with E-state index in [2.05, 4.69) is 10.3 Å². The third-order valence-electron chi connectivity index (χ3n) is 3.16. The van der Waals surface area contributed by atoms with Gasteiger partial charge in [0.05, 0.1) is 12.1 Å². The molecule has 2 aromatic carbocycles. The highest BCUT2D eigenvalue weighted by Gasteiger charge is 2.08. The van der Waals surface area contributed by atoms with E-state index in [4.69, 9.17) is 5.73 Å². The van der Waals surface area contributed by atoms with Crippen LogP contribution in [0.15, 0.2) is 60.0 Å². The molecular weight excluding hydrogens is 294 g/mol. The van der Waals surface area contributed by atoms with Crippen molar-refractivity contribution in [1.82, 2.24) is 4.98 Å². The van der Waals surface area contributed by atoms with E-state index in [1.165, 1.54) is 11.3 Å². The van der Waals surface area contributed by atoms with Gasteiger partial charge in [0.15, 0.2) is 5.13 Å². The molecule has 0 spiro atoms. The zero-order valence-electron chi connectivity index (χ0n) is 11.8. The SMILES string of the molecule is Nc1ccc(-c2csc(NC(=O)Cc3ccccc3)n2)cc1. The lowest BCUT2D eigenvalue weighted by molar-refractivity contribution is -0.115. The van der Waals surface area contributed by atoms with Gasteiger partial charge < -0.3 is 11.1 Å². The minimum absolute atomic E-state index is 0.0654. The van der Waals surface area contributed by atoms with Crippen LogP contribution in [0, 0.1) is 0 Å². The molecule has 1 amide bonds. The van der Waals surface area contributed by atoms with Gasteiger partial charge >= 0.3 is 0 Å². The number of benzene rings is 2. The number of hydrogen-bond acceptors (Lipinski definition) is 4. The van der Waals surface area contributed by atoms with Crippen molar-refractivity contribution in [2.75, 3.05) is 11.1 Å². The van der Waals surface area contributed by atoms with E-state index >= 15 is 0 Å². The zero-order chi connectivity index (χ0) is 15.4. The van der Waals surface area contributed by atoms with Gasteiger partial charge in [0.2, 0.25) is 5.91 Å². The Morgan fingerprint density at radius 3 is 2.55 bits per heavy atom. The molecule has 0 radical (unpaired) electrons. The molecule has 3 N–H and O–H groups in total. The Bertz CT molecular complexity index is 766. The Morgan fingerprint density at radius 1 is 1.09 bits per heavy atom. The van der Waals surface area contributed by atoms with Gasteiger partial charge in [-0.25, -0.2) is 4.98 Å². The van der Waals surface area contributed by atoms with Crippen molar-refractivity contribution in [2.24, 2.45) is 0 Å². The van der Waals surface area contributed by atoms with Crippen molar-refractivity contribution in [2.45, 2.75) is 6.42 Å². The molecule has 0 atom stereocenters. The number of anilines is 2. The summed E-state index contributed by atoms with van der Waals surface area (Å²) in [5.74, 6) is -0.0654. The van der Waals surface area contributed by atoms with Crippen LogP contribution in [0.5, 0.6) is 0 Å². The molecule has 1 heterocycles. The maximum Gasteiger partial charge on any atom is 0.230 e. The molecular formula is C17H15N3OS. The number of nitrogens with one attached hydrogen (secondary N) is 1. The second kappa shape index (κ2) is 6.41. The lowest BCUT2D eigenvalue weighted by Crippen LogP contribution is -2.14. The predicted molar refractivity (Wildman–Crippen MR) is 90.7 cm³/mol. The monoisotopic (exact) mass is 309 g/mol. The summed E-state index contributed by atoms with van der Waals surface area (Å²) in [5, 5.41) is 5.36. The van der Waals surface area contributed by atoms with Gasteiger partial charge in [-0.05, 0) is 17.7 Å². The molecule has 3 rings (SSSR count). The molecule has 0 bridgehead atoms. The van der Waals surface area contributed by atoms with E-state index in [9.17, 15) is 4.79 Å². The fraction of sp³-hybridized carbons (Fsp3) is 0.0588. The quantitative estimate of drug-likeness (QED) is 0.724. The Hall–Kier alpha value is -2.66. The van der Waals surface area contributed by atoms with Gasteiger partial charge in [0.1, 0.15) is 0 Å². The normalized spacial score (nSPS) is 10.4. The van der Waals surface area contributed by atoms with Crippen LogP contribution in [-0.4, -0.2) is 10.9 Å². The molecule has 4 nitrogen and oxygen atoms in total. The summed E-state index contributed by atoms with van der Waals surface area (Å²) in [4.78, 5) is 16.4. The number of carbonyl (C=O) groups is 1. The Morgan fingerprint density at radius 2 is 1.82 bits per heavy atom. The second-order valence-electron chi connectivity index (χ2n) is 4.87. The molecule has 110 valence electrons. The van der Waals surface area contributed by atoms with Crippen LogP contribution in [-0.2, 0) is 11.2 Å². The number of thiazole rings is 1. The summed E-state index contributed by atoms with van der Waals surface area (Å²) in [6, 6.07) is 17.1. The van der Waals surface area contributed by atoms with Gasteiger partial charge in [-0.2, -0.15) is 0 Å².